The van der Waals surface area contributed by atoms with Gasteiger partial charge in [-0.3, -0.25) is 0 Å². The molecule has 1 saturated carbocycles. The van der Waals surface area contributed by atoms with Crippen molar-refractivity contribution < 1.29 is 0 Å². The highest BCUT2D eigenvalue weighted by molar-refractivity contribution is 6.33. The van der Waals surface area contributed by atoms with Crippen molar-refractivity contribution in [3.63, 3.8) is 0 Å². The summed E-state index contributed by atoms with van der Waals surface area (Å²) in [7, 11) is 0. The maximum atomic E-state index is 6.06. The number of anilines is 2. The highest BCUT2D eigenvalue weighted by Gasteiger charge is 2.17. The van der Waals surface area contributed by atoms with E-state index in [0.717, 1.165) is 24.1 Å². The Labute approximate surface area is 121 Å². The van der Waals surface area contributed by atoms with E-state index < -0.39 is 0 Å². The first-order chi connectivity index (χ1) is 9.06. The van der Waals surface area contributed by atoms with E-state index in [4.69, 9.17) is 17.3 Å². The van der Waals surface area contributed by atoms with Crippen LogP contribution in [0.25, 0.3) is 0 Å². The van der Waals surface area contributed by atoms with E-state index >= 15 is 0 Å². The third kappa shape index (κ3) is 4.04. The van der Waals surface area contributed by atoms with E-state index in [1.165, 1.54) is 37.7 Å². The van der Waals surface area contributed by atoms with E-state index in [-0.39, 0.29) is 0 Å². The second kappa shape index (κ2) is 6.51. The van der Waals surface area contributed by atoms with Crippen molar-refractivity contribution >= 4 is 23.0 Å². The van der Waals surface area contributed by atoms with Crippen LogP contribution in [0.2, 0.25) is 5.02 Å². The molecular weight excluding hydrogens is 256 g/mol. The SMILES string of the molecule is Cc1cc(N)c(Cl)cc1NCCC1CCC(C)CC1. The van der Waals surface area contributed by atoms with Crippen LogP contribution in [-0.4, -0.2) is 6.54 Å². The minimum Gasteiger partial charge on any atom is -0.398 e. The quantitative estimate of drug-likeness (QED) is 0.773. The molecule has 2 rings (SSSR count). The fourth-order valence-electron chi connectivity index (χ4n) is 2.92. The number of nitrogen functional groups attached to an aromatic ring is 1. The summed E-state index contributed by atoms with van der Waals surface area (Å²) < 4.78 is 0. The minimum atomic E-state index is 0.639. The zero-order valence-electron chi connectivity index (χ0n) is 12.0. The Hall–Kier alpha value is -0.890. The molecule has 0 aliphatic heterocycles. The smallest absolute Gasteiger partial charge is 0.0656 e. The molecule has 19 heavy (non-hydrogen) atoms. The molecule has 1 aromatic rings. The average Bonchev–Trinajstić information content (AvgIpc) is 2.38. The maximum absolute atomic E-state index is 6.06. The molecule has 2 nitrogen and oxygen atoms in total. The van der Waals surface area contributed by atoms with Gasteiger partial charge in [-0.1, -0.05) is 44.2 Å². The molecule has 106 valence electrons. The van der Waals surface area contributed by atoms with E-state index in [1.807, 2.05) is 12.1 Å². The number of hydrogen-bond donors (Lipinski definition) is 2. The molecule has 0 bridgehead atoms. The molecule has 0 amide bonds. The zero-order chi connectivity index (χ0) is 13.8. The molecule has 3 heteroatoms. The van der Waals surface area contributed by atoms with Gasteiger partial charge in [0.05, 0.1) is 10.7 Å². The van der Waals surface area contributed by atoms with Crippen LogP contribution in [-0.2, 0) is 0 Å². The van der Waals surface area contributed by atoms with Crippen molar-refractivity contribution in [3.8, 4) is 0 Å². The van der Waals surface area contributed by atoms with Gasteiger partial charge in [-0.05, 0) is 42.9 Å². The molecular formula is C16H25ClN2. The van der Waals surface area contributed by atoms with Crippen molar-refractivity contribution in [2.45, 2.75) is 46.0 Å². The van der Waals surface area contributed by atoms with Gasteiger partial charge in [0.1, 0.15) is 0 Å². The molecule has 1 aromatic carbocycles. The Morgan fingerprint density at radius 3 is 2.63 bits per heavy atom. The van der Waals surface area contributed by atoms with Crippen molar-refractivity contribution in [1.82, 2.24) is 0 Å². The Morgan fingerprint density at radius 2 is 1.95 bits per heavy atom. The van der Waals surface area contributed by atoms with Gasteiger partial charge in [0.2, 0.25) is 0 Å². The summed E-state index contributed by atoms with van der Waals surface area (Å²) >= 11 is 6.06. The Kier molecular flexibility index (Phi) is 4.98. The van der Waals surface area contributed by atoms with Crippen LogP contribution in [0.5, 0.6) is 0 Å². The Balaban J connectivity index is 1.81. The second-order valence-corrected chi connectivity index (χ2v) is 6.44. The predicted molar refractivity (Wildman–Crippen MR) is 84.8 cm³/mol. The van der Waals surface area contributed by atoms with Crippen molar-refractivity contribution in [2.24, 2.45) is 11.8 Å². The van der Waals surface area contributed by atoms with Crippen LogP contribution in [0, 0.1) is 18.8 Å². The Morgan fingerprint density at radius 1 is 1.26 bits per heavy atom. The lowest BCUT2D eigenvalue weighted by atomic mass is 9.81. The zero-order valence-corrected chi connectivity index (χ0v) is 12.8. The van der Waals surface area contributed by atoms with Crippen molar-refractivity contribution in [2.75, 3.05) is 17.6 Å². The molecule has 1 fully saturated rings. The van der Waals surface area contributed by atoms with Crippen LogP contribution in [0.1, 0.15) is 44.6 Å². The van der Waals surface area contributed by atoms with Crippen LogP contribution in [0.15, 0.2) is 12.1 Å². The summed E-state index contributed by atoms with van der Waals surface area (Å²) in [5, 5.41) is 4.14. The molecule has 1 aliphatic rings. The third-order valence-corrected chi connectivity index (χ3v) is 4.67. The lowest BCUT2D eigenvalue weighted by molar-refractivity contribution is 0.282. The van der Waals surface area contributed by atoms with Crippen LogP contribution in [0.4, 0.5) is 11.4 Å². The molecule has 1 aliphatic carbocycles. The minimum absolute atomic E-state index is 0.639. The number of rotatable bonds is 4. The topological polar surface area (TPSA) is 38.0 Å². The molecule has 0 unspecified atom stereocenters. The summed E-state index contributed by atoms with van der Waals surface area (Å²) in [5.41, 5.74) is 8.73. The fourth-order valence-corrected chi connectivity index (χ4v) is 3.09. The van der Waals surface area contributed by atoms with Gasteiger partial charge >= 0.3 is 0 Å². The van der Waals surface area contributed by atoms with E-state index in [1.54, 1.807) is 0 Å². The molecule has 0 heterocycles. The first-order valence-electron chi connectivity index (χ1n) is 7.35. The number of nitrogens with one attached hydrogen (secondary N) is 1. The molecule has 0 spiro atoms. The molecule has 0 atom stereocenters. The standard InChI is InChI=1S/C16H25ClN2/c1-11-3-5-13(6-4-11)7-8-19-16-10-14(17)15(18)9-12(16)2/h9-11,13,19H,3-8,18H2,1-2H3. The van der Waals surface area contributed by atoms with Crippen LogP contribution >= 0.6 is 11.6 Å². The third-order valence-electron chi connectivity index (χ3n) is 4.35. The average molecular weight is 281 g/mol. The van der Waals surface area contributed by atoms with Crippen LogP contribution < -0.4 is 11.1 Å². The van der Waals surface area contributed by atoms with Crippen molar-refractivity contribution in [3.05, 3.63) is 22.7 Å². The van der Waals surface area contributed by atoms with Gasteiger partial charge < -0.3 is 11.1 Å². The predicted octanol–water partition coefficient (Wildman–Crippen LogP) is 4.86. The summed E-state index contributed by atoms with van der Waals surface area (Å²) in [6.45, 7) is 5.46. The summed E-state index contributed by atoms with van der Waals surface area (Å²) in [6.07, 6.45) is 6.84. The first kappa shape index (κ1) is 14.5. The first-order valence-corrected chi connectivity index (χ1v) is 7.73. The number of hydrogen-bond acceptors (Lipinski definition) is 2. The molecule has 0 saturated heterocycles. The summed E-state index contributed by atoms with van der Waals surface area (Å²) in [6, 6.07) is 3.88. The van der Waals surface area contributed by atoms with Gasteiger partial charge in [-0.25, -0.2) is 0 Å². The van der Waals surface area contributed by atoms with E-state index in [2.05, 4.69) is 19.2 Å². The van der Waals surface area contributed by atoms with E-state index in [9.17, 15) is 0 Å². The Bertz CT molecular complexity index is 423. The van der Waals surface area contributed by atoms with Gasteiger partial charge in [0, 0.05) is 12.2 Å². The number of aryl methyl sites for hydroxylation is 1. The highest BCUT2D eigenvalue weighted by Crippen LogP contribution is 2.31. The van der Waals surface area contributed by atoms with Gasteiger partial charge in [0.15, 0.2) is 0 Å². The number of halogens is 1. The largest absolute Gasteiger partial charge is 0.398 e. The van der Waals surface area contributed by atoms with Gasteiger partial charge in [0.25, 0.3) is 0 Å². The number of benzene rings is 1. The maximum Gasteiger partial charge on any atom is 0.0656 e. The fraction of sp³-hybridized carbons (Fsp3) is 0.625. The monoisotopic (exact) mass is 280 g/mol. The summed E-state index contributed by atoms with van der Waals surface area (Å²) in [4.78, 5) is 0. The molecule has 3 N–H and O–H groups in total. The van der Waals surface area contributed by atoms with E-state index in [0.29, 0.717) is 10.7 Å². The van der Waals surface area contributed by atoms with Crippen molar-refractivity contribution in [1.29, 1.82) is 0 Å². The lowest BCUT2D eigenvalue weighted by Crippen LogP contribution is -2.16. The molecule has 0 radical (unpaired) electrons. The highest BCUT2D eigenvalue weighted by atomic mass is 35.5. The van der Waals surface area contributed by atoms with Crippen LogP contribution in [0.3, 0.4) is 0 Å². The van der Waals surface area contributed by atoms with Gasteiger partial charge in [-0.15, -0.1) is 0 Å². The second-order valence-electron chi connectivity index (χ2n) is 6.03. The number of nitrogens with two attached hydrogens (primary N) is 1. The summed E-state index contributed by atoms with van der Waals surface area (Å²) in [5.74, 6) is 1.83. The van der Waals surface area contributed by atoms with Gasteiger partial charge in [-0.2, -0.15) is 0 Å². The normalized spacial score (nSPS) is 23.3. The lowest BCUT2D eigenvalue weighted by Gasteiger charge is -2.26. The molecule has 0 aromatic heterocycles.